The molecule has 0 aromatic carbocycles. The van der Waals surface area contributed by atoms with Crippen LogP contribution in [0.2, 0.25) is 0 Å². The van der Waals surface area contributed by atoms with Crippen LogP contribution in [-0.2, 0) is 9.84 Å². The van der Waals surface area contributed by atoms with Gasteiger partial charge in [-0.1, -0.05) is 29.3 Å². The second-order valence-corrected chi connectivity index (χ2v) is 6.19. The molecule has 1 heterocycles. The second kappa shape index (κ2) is 2.40. The first-order valence-electron chi connectivity index (χ1n) is 2.73. The van der Waals surface area contributed by atoms with Gasteiger partial charge in [0.15, 0.2) is 9.84 Å². The summed E-state index contributed by atoms with van der Waals surface area (Å²) in [6.45, 7) is 0. The quantitative estimate of drug-likeness (QED) is 0.439. The standard InChI is InChI=1S/C5H6Cl2O2S/c6-5(7)3-1-2-4-10(5,8)9/h1,3H,2,4H2. The van der Waals surface area contributed by atoms with E-state index in [2.05, 4.69) is 0 Å². The van der Waals surface area contributed by atoms with Gasteiger partial charge in [0.2, 0.25) is 3.67 Å². The zero-order chi connectivity index (χ0) is 7.83. The Morgan fingerprint density at radius 1 is 1.40 bits per heavy atom. The van der Waals surface area contributed by atoms with E-state index < -0.39 is 13.5 Å². The maximum Gasteiger partial charge on any atom is 0.235 e. The van der Waals surface area contributed by atoms with Crippen LogP contribution in [0.1, 0.15) is 6.42 Å². The zero-order valence-electron chi connectivity index (χ0n) is 5.05. The molecule has 58 valence electrons. The summed E-state index contributed by atoms with van der Waals surface area (Å²) < 4.78 is 20.3. The third kappa shape index (κ3) is 1.31. The second-order valence-electron chi connectivity index (χ2n) is 2.07. The van der Waals surface area contributed by atoms with Gasteiger partial charge in [0.05, 0.1) is 5.75 Å². The van der Waals surface area contributed by atoms with Crippen molar-refractivity contribution >= 4 is 33.0 Å². The maximum absolute atomic E-state index is 11.0. The van der Waals surface area contributed by atoms with E-state index in [9.17, 15) is 8.42 Å². The molecule has 0 saturated heterocycles. The van der Waals surface area contributed by atoms with Gasteiger partial charge in [0.25, 0.3) is 0 Å². The molecule has 0 saturated carbocycles. The van der Waals surface area contributed by atoms with E-state index in [0.29, 0.717) is 6.42 Å². The number of halogens is 2. The third-order valence-corrected chi connectivity index (χ3v) is 4.68. The minimum Gasteiger partial charge on any atom is -0.225 e. The molecule has 2 nitrogen and oxygen atoms in total. The third-order valence-electron chi connectivity index (χ3n) is 1.28. The zero-order valence-corrected chi connectivity index (χ0v) is 7.38. The van der Waals surface area contributed by atoms with Crippen molar-refractivity contribution in [1.29, 1.82) is 0 Å². The number of rotatable bonds is 0. The Labute approximate surface area is 69.7 Å². The lowest BCUT2D eigenvalue weighted by Gasteiger charge is -2.18. The van der Waals surface area contributed by atoms with E-state index in [1.807, 2.05) is 0 Å². The number of allylic oxidation sites excluding steroid dienone is 1. The molecule has 0 aliphatic carbocycles. The Morgan fingerprint density at radius 3 is 2.30 bits per heavy atom. The molecule has 10 heavy (non-hydrogen) atoms. The van der Waals surface area contributed by atoms with Gasteiger partial charge < -0.3 is 0 Å². The molecule has 0 radical (unpaired) electrons. The Hall–Kier alpha value is 0.270. The smallest absolute Gasteiger partial charge is 0.225 e. The van der Waals surface area contributed by atoms with Crippen molar-refractivity contribution in [3.05, 3.63) is 12.2 Å². The molecule has 0 fully saturated rings. The van der Waals surface area contributed by atoms with E-state index in [-0.39, 0.29) is 5.75 Å². The number of sulfone groups is 1. The summed E-state index contributed by atoms with van der Waals surface area (Å²) in [6, 6.07) is 0. The molecule has 1 aliphatic rings. The van der Waals surface area contributed by atoms with Crippen LogP contribution in [-0.4, -0.2) is 17.8 Å². The molecule has 0 aromatic heterocycles. The summed E-state index contributed by atoms with van der Waals surface area (Å²) in [5.41, 5.74) is 0. The number of hydrogen-bond donors (Lipinski definition) is 0. The molecule has 0 amide bonds. The SMILES string of the molecule is O=S1(=O)CCC=CC1(Cl)Cl. The van der Waals surface area contributed by atoms with Crippen molar-refractivity contribution in [3.8, 4) is 0 Å². The van der Waals surface area contributed by atoms with Gasteiger partial charge >= 0.3 is 0 Å². The van der Waals surface area contributed by atoms with E-state index >= 15 is 0 Å². The van der Waals surface area contributed by atoms with E-state index in [4.69, 9.17) is 23.2 Å². The predicted octanol–water partition coefficient (Wildman–Crippen LogP) is 1.49. The summed E-state index contributed by atoms with van der Waals surface area (Å²) in [5, 5.41) is 0. The topological polar surface area (TPSA) is 34.1 Å². The van der Waals surface area contributed by atoms with Crippen molar-refractivity contribution in [2.24, 2.45) is 0 Å². The highest BCUT2D eigenvalue weighted by Crippen LogP contribution is 2.33. The van der Waals surface area contributed by atoms with Crippen LogP contribution < -0.4 is 0 Å². The molecule has 1 rings (SSSR count). The van der Waals surface area contributed by atoms with Crippen molar-refractivity contribution in [2.45, 2.75) is 10.1 Å². The summed E-state index contributed by atoms with van der Waals surface area (Å²) in [6.07, 6.45) is 3.47. The highest BCUT2D eigenvalue weighted by Gasteiger charge is 2.38. The van der Waals surface area contributed by atoms with Crippen LogP contribution in [0.15, 0.2) is 12.2 Å². The molecule has 0 N–H and O–H groups in total. The van der Waals surface area contributed by atoms with Crippen LogP contribution in [0.4, 0.5) is 0 Å². The van der Waals surface area contributed by atoms with E-state index in [1.54, 1.807) is 6.08 Å². The van der Waals surface area contributed by atoms with Gasteiger partial charge in [0, 0.05) is 0 Å². The highest BCUT2D eigenvalue weighted by atomic mass is 35.5. The summed E-state index contributed by atoms with van der Waals surface area (Å²) >= 11 is 10.9. The molecule has 0 spiro atoms. The fourth-order valence-corrected chi connectivity index (χ4v) is 2.35. The first-order chi connectivity index (χ1) is 4.46. The largest absolute Gasteiger partial charge is 0.235 e. The lowest BCUT2D eigenvalue weighted by molar-refractivity contribution is 0.591. The average molecular weight is 201 g/mol. The fourth-order valence-electron chi connectivity index (χ4n) is 0.683. The molecule has 0 bridgehead atoms. The lowest BCUT2D eigenvalue weighted by atomic mass is 10.4. The average Bonchev–Trinajstić information content (AvgIpc) is 1.77. The first kappa shape index (κ1) is 8.37. The van der Waals surface area contributed by atoms with Gasteiger partial charge in [-0.15, -0.1) is 0 Å². The molecular formula is C5H6Cl2O2S. The Kier molecular flexibility index (Phi) is 2.00. The molecule has 5 heteroatoms. The minimum absolute atomic E-state index is 0.0382. The fraction of sp³-hybridized carbons (Fsp3) is 0.600. The highest BCUT2D eigenvalue weighted by molar-refractivity contribution is 7.95. The van der Waals surface area contributed by atoms with Crippen molar-refractivity contribution in [2.75, 3.05) is 5.75 Å². The van der Waals surface area contributed by atoms with Crippen LogP contribution in [0, 0.1) is 0 Å². The van der Waals surface area contributed by atoms with E-state index in [0.717, 1.165) is 0 Å². The maximum atomic E-state index is 11.0. The van der Waals surface area contributed by atoms with Crippen molar-refractivity contribution in [1.82, 2.24) is 0 Å². The minimum atomic E-state index is -3.32. The van der Waals surface area contributed by atoms with Gasteiger partial charge in [-0.3, -0.25) is 0 Å². The van der Waals surface area contributed by atoms with Gasteiger partial charge in [-0.25, -0.2) is 8.42 Å². The van der Waals surface area contributed by atoms with E-state index in [1.165, 1.54) is 6.08 Å². The van der Waals surface area contributed by atoms with Crippen LogP contribution in [0.25, 0.3) is 0 Å². The van der Waals surface area contributed by atoms with Gasteiger partial charge in [-0.05, 0) is 12.5 Å². The first-order valence-corrected chi connectivity index (χ1v) is 5.14. The van der Waals surface area contributed by atoms with Crippen LogP contribution in [0.3, 0.4) is 0 Å². The molecular weight excluding hydrogens is 195 g/mol. The van der Waals surface area contributed by atoms with Gasteiger partial charge in [0.1, 0.15) is 0 Å². The monoisotopic (exact) mass is 200 g/mol. The lowest BCUT2D eigenvalue weighted by Crippen LogP contribution is -2.29. The number of alkyl halides is 2. The molecule has 1 aliphatic heterocycles. The Morgan fingerprint density at radius 2 is 2.00 bits per heavy atom. The van der Waals surface area contributed by atoms with Gasteiger partial charge in [-0.2, -0.15) is 0 Å². The predicted molar refractivity (Wildman–Crippen MR) is 42.0 cm³/mol. The summed E-state index contributed by atoms with van der Waals surface area (Å²) in [5.74, 6) is 0.0382. The van der Waals surface area contributed by atoms with Crippen LogP contribution in [0.5, 0.6) is 0 Å². The Balaban J connectivity index is 3.11. The summed E-state index contributed by atoms with van der Waals surface area (Å²) in [4.78, 5) is 0. The van der Waals surface area contributed by atoms with Crippen molar-refractivity contribution in [3.63, 3.8) is 0 Å². The number of hydrogen-bond acceptors (Lipinski definition) is 2. The molecule has 0 atom stereocenters. The molecule has 0 aromatic rings. The Bertz CT molecular complexity index is 253. The van der Waals surface area contributed by atoms with Crippen molar-refractivity contribution < 1.29 is 8.42 Å². The summed E-state index contributed by atoms with van der Waals surface area (Å²) in [7, 11) is -3.32. The van der Waals surface area contributed by atoms with Crippen LogP contribution >= 0.6 is 23.2 Å². The molecule has 0 unspecified atom stereocenters. The normalized spacial score (nSPS) is 28.2.